The Morgan fingerprint density at radius 1 is 1.50 bits per heavy atom. The van der Waals surface area contributed by atoms with Crippen LogP contribution in [0.2, 0.25) is 0 Å². The Labute approximate surface area is 97.5 Å². The van der Waals surface area contributed by atoms with Crippen LogP contribution in [0.15, 0.2) is 25.0 Å². The summed E-state index contributed by atoms with van der Waals surface area (Å²) in [4.78, 5) is 4.19. The van der Waals surface area contributed by atoms with E-state index in [0.29, 0.717) is 18.4 Å². The largest absolute Gasteiger partial charge is 0.494 e. The molecule has 0 fully saturated rings. The highest BCUT2D eigenvalue weighted by atomic mass is 16.5. The van der Waals surface area contributed by atoms with Gasteiger partial charge in [0.15, 0.2) is 0 Å². The van der Waals surface area contributed by atoms with Gasteiger partial charge in [-0.3, -0.25) is 4.98 Å². The van der Waals surface area contributed by atoms with Crippen molar-refractivity contribution in [2.75, 3.05) is 6.61 Å². The van der Waals surface area contributed by atoms with E-state index in [-0.39, 0.29) is 0 Å². The highest BCUT2D eigenvalue weighted by molar-refractivity contribution is 5.56. The molecule has 0 unspecified atom stereocenters. The Kier molecular flexibility index (Phi) is 4.99. The Morgan fingerprint density at radius 2 is 2.25 bits per heavy atom. The van der Waals surface area contributed by atoms with Gasteiger partial charge in [0.2, 0.25) is 0 Å². The molecule has 0 aromatic carbocycles. The van der Waals surface area contributed by atoms with Gasteiger partial charge in [0.1, 0.15) is 5.76 Å². The van der Waals surface area contributed by atoms with Crippen LogP contribution in [-0.2, 0) is 11.3 Å². The molecule has 0 amide bonds. The maximum absolute atomic E-state index is 5.35. The summed E-state index contributed by atoms with van der Waals surface area (Å²) in [7, 11) is 0. The van der Waals surface area contributed by atoms with Gasteiger partial charge < -0.3 is 10.1 Å². The zero-order valence-corrected chi connectivity index (χ0v) is 10.3. The van der Waals surface area contributed by atoms with Crippen LogP contribution in [0.25, 0.3) is 5.76 Å². The molecule has 3 nitrogen and oxygen atoms in total. The molecule has 0 aliphatic heterocycles. The lowest BCUT2D eigenvalue weighted by molar-refractivity contribution is 0.299. The minimum absolute atomic E-state index is 0.471. The summed E-state index contributed by atoms with van der Waals surface area (Å²) in [6.07, 6.45) is 3.63. The van der Waals surface area contributed by atoms with E-state index in [0.717, 1.165) is 17.7 Å². The van der Waals surface area contributed by atoms with E-state index in [1.54, 1.807) is 6.20 Å². The highest BCUT2D eigenvalue weighted by Crippen LogP contribution is 2.13. The smallest absolute Gasteiger partial charge is 0.120 e. The van der Waals surface area contributed by atoms with E-state index >= 15 is 0 Å². The van der Waals surface area contributed by atoms with Crippen molar-refractivity contribution in [1.82, 2.24) is 10.3 Å². The highest BCUT2D eigenvalue weighted by Gasteiger charge is 2.02. The summed E-state index contributed by atoms with van der Waals surface area (Å²) < 4.78 is 5.35. The lowest BCUT2D eigenvalue weighted by Gasteiger charge is -2.10. The minimum atomic E-state index is 0.471. The molecule has 0 atom stereocenters. The van der Waals surface area contributed by atoms with E-state index in [1.807, 2.05) is 13.1 Å². The molecule has 3 heteroatoms. The summed E-state index contributed by atoms with van der Waals surface area (Å²) in [5, 5.41) is 3.35. The molecule has 0 spiro atoms. The number of ether oxygens (including phenoxy) is 1. The second-order valence-electron chi connectivity index (χ2n) is 3.97. The van der Waals surface area contributed by atoms with E-state index in [9.17, 15) is 0 Å². The van der Waals surface area contributed by atoms with Crippen LogP contribution in [0.5, 0.6) is 0 Å². The molecular weight excluding hydrogens is 200 g/mol. The van der Waals surface area contributed by atoms with Crippen molar-refractivity contribution >= 4 is 5.76 Å². The predicted octanol–water partition coefficient (Wildman–Crippen LogP) is 2.59. The van der Waals surface area contributed by atoms with E-state index < -0.39 is 0 Å². The van der Waals surface area contributed by atoms with Gasteiger partial charge in [-0.1, -0.05) is 20.4 Å². The standard InChI is InChI=1S/C13H20N2O/c1-5-16-11(4)13-6-12(7-14-9-13)8-15-10(2)3/h6-7,9-10,15H,4-5,8H2,1-3H3. The van der Waals surface area contributed by atoms with Gasteiger partial charge in [-0.15, -0.1) is 0 Å². The van der Waals surface area contributed by atoms with Crippen LogP contribution in [0, 0.1) is 0 Å². The van der Waals surface area contributed by atoms with Gasteiger partial charge in [-0.05, 0) is 18.6 Å². The first-order valence-electron chi connectivity index (χ1n) is 5.63. The molecule has 88 valence electrons. The van der Waals surface area contributed by atoms with Crippen molar-refractivity contribution in [1.29, 1.82) is 0 Å². The third kappa shape index (κ3) is 4.03. The minimum Gasteiger partial charge on any atom is -0.494 e. The summed E-state index contributed by atoms with van der Waals surface area (Å²) >= 11 is 0. The average molecular weight is 220 g/mol. The van der Waals surface area contributed by atoms with Crippen LogP contribution in [0.1, 0.15) is 31.9 Å². The zero-order chi connectivity index (χ0) is 12.0. The molecule has 0 radical (unpaired) electrons. The number of hydrogen-bond acceptors (Lipinski definition) is 3. The fourth-order valence-corrected chi connectivity index (χ4v) is 1.32. The van der Waals surface area contributed by atoms with Gasteiger partial charge in [0.25, 0.3) is 0 Å². The molecule has 0 aliphatic rings. The fourth-order valence-electron chi connectivity index (χ4n) is 1.32. The zero-order valence-electron chi connectivity index (χ0n) is 10.3. The number of nitrogens with zero attached hydrogens (tertiary/aromatic N) is 1. The average Bonchev–Trinajstić information content (AvgIpc) is 2.27. The van der Waals surface area contributed by atoms with Gasteiger partial charge in [0.05, 0.1) is 6.61 Å². The molecule has 0 saturated carbocycles. The predicted molar refractivity (Wildman–Crippen MR) is 66.9 cm³/mol. The second-order valence-corrected chi connectivity index (χ2v) is 3.97. The summed E-state index contributed by atoms with van der Waals surface area (Å²) in [5.41, 5.74) is 2.09. The monoisotopic (exact) mass is 220 g/mol. The Morgan fingerprint density at radius 3 is 2.88 bits per heavy atom. The molecule has 1 aromatic rings. The van der Waals surface area contributed by atoms with Crippen LogP contribution in [0.4, 0.5) is 0 Å². The summed E-state index contributed by atoms with van der Waals surface area (Å²) in [6, 6.07) is 2.53. The molecule has 0 bridgehead atoms. The number of pyridine rings is 1. The quantitative estimate of drug-likeness (QED) is 0.748. The molecule has 0 aliphatic carbocycles. The molecule has 1 heterocycles. The first kappa shape index (κ1) is 12.7. The van der Waals surface area contributed by atoms with Crippen LogP contribution >= 0.6 is 0 Å². The SMILES string of the molecule is C=C(OCC)c1cncc(CNC(C)C)c1. The summed E-state index contributed by atoms with van der Waals surface area (Å²) in [6.45, 7) is 11.5. The molecule has 1 rings (SSSR count). The number of nitrogens with one attached hydrogen (secondary N) is 1. The molecule has 0 saturated heterocycles. The second kappa shape index (κ2) is 6.28. The lowest BCUT2D eigenvalue weighted by atomic mass is 10.2. The van der Waals surface area contributed by atoms with Crippen molar-refractivity contribution in [3.8, 4) is 0 Å². The van der Waals surface area contributed by atoms with Gasteiger partial charge >= 0.3 is 0 Å². The van der Waals surface area contributed by atoms with Crippen LogP contribution < -0.4 is 5.32 Å². The van der Waals surface area contributed by atoms with Crippen molar-refractivity contribution in [2.24, 2.45) is 0 Å². The fraction of sp³-hybridized carbons (Fsp3) is 0.462. The van der Waals surface area contributed by atoms with E-state index in [4.69, 9.17) is 4.74 Å². The lowest BCUT2D eigenvalue weighted by Crippen LogP contribution is -2.21. The summed E-state index contributed by atoms with van der Waals surface area (Å²) in [5.74, 6) is 0.682. The van der Waals surface area contributed by atoms with Crippen LogP contribution in [-0.4, -0.2) is 17.6 Å². The van der Waals surface area contributed by atoms with Gasteiger partial charge in [-0.25, -0.2) is 0 Å². The molecule has 1 N–H and O–H groups in total. The first-order valence-corrected chi connectivity index (χ1v) is 5.63. The van der Waals surface area contributed by atoms with Crippen molar-refractivity contribution in [2.45, 2.75) is 33.4 Å². The van der Waals surface area contributed by atoms with Crippen LogP contribution in [0.3, 0.4) is 0 Å². The topological polar surface area (TPSA) is 34.1 Å². The maximum Gasteiger partial charge on any atom is 0.120 e. The Balaban J connectivity index is 2.67. The van der Waals surface area contributed by atoms with Crippen molar-refractivity contribution in [3.05, 3.63) is 36.2 Å². The maximum atomic E-state index is 5.35. The normalized spacial score (nSPS) is 10.5. The number of aromatic nitrogens is 1. The Bertz CT molecular complexity index is 348. The Hall–Kier alpha value is -1.35. The van der Waals surface area contributed by atoms with Crippen molar-refractivity contribution < 1.29 is 4.74 Å². The first-order chi connectivity index (χ1) is 7.63. The molecular formula is C13H20N2O. The molecule has 16 heavy (non-hydrogen) atoms. The molecule has 1 aromatic heterocycles. The van der Waals surface area contributed by atoms with E-state index in [1.165, 1.54) is 0 Å². The van der Waals surface area contributed by atoms with Gasteiger partial charge in [0, 0.05) is 30.5 Å². The third-order valence-electron chi connectivity index (χ3n) is 2.15. The third-order valence-corrected chi connectivity index (χ3v) is 2.15. The van der Waals surface area contributed by atoms with Crippen molar-refractivity contribution in [3.63, 3.8) is 0 Å². The number of rotatable bonds is 6. The van der Waals surface area contributed by atoms with Gasteiger partial charge in [-0.2, -0.15) is 0 Å². The van der Waals surface area contributed by atoms with E-state index in [2.05, 4.69) is 36.8 Å². The number of hydrogen-bond donors (Lipinski definition) is 1.